The fourth-order valence-electron chi connectivity index (χ4n) is 1.83. The Labute approximate surface area is 129 Å². The Bertz CT molecular complexity index is 649. The van der Waals surface area contributed by atoms with E-state index >= 15 is 0 Å². The Kier molecular flexibility index (Phi) is 5.14. The number of amides is 2. The Morgan fingerprint density at radius 1 is 0.909 bits per heavy atom. The average Bonchev–Trinajstić information content (AvgIpc) is 2.50. The van der Waals surface area contributed by atoms with E-state index in [-0.39, 0.29) is 12.0 Å². The minimum absolute atomic E-state index is 0.331. The molecule has 0 aliphatic rings. The molecule has 2 N–H and O–H groups in total. The molecule has 0 unspecified atom stereocenters. The molecular formula is C17H18N2O3. The van der Waals surface area contributed by atoms with Gasteiger partial charge in [-0.15, -0.1) is 0 Å². The summed E-state index contributed by atoms with van der Waals surface area (Å²) in [5.74, 6) is -0.377. The molecule has 0 atom stereocenters. The van der Waals surface area contributed by atoms with Crippen LogP contribution in [-0.4, -0.2) is 18.6 Å². The molecule has 0 radical (unpaired) electrons. The highest BCUT2D eigenvalue weighted by Crippen LogP contribution is 2.12. The van der Waals surface area contributed by atoms with E-state index in [9.17, 15) is 9.59 Å². The van der Waals surface area contributed by atoms with E-state index in [2.05, 4.69) is 10.6 Å². The number of urea groups is 1. The molecule has 114 valence electrons. The van der Waals surface area contributed by atoms with Gasteiger partial charge in [0.05, 0.1) is 12.2 Å². The van der Waals surface area contributed by atoms with Crippen molar-refractivity contribution in [2.75, 3.05) is 17.2 Å². The summed E-state index contributed by atoms with van der Waals surface area (Å²) in [7, 11) is 0. The third-order valence-electron chi connectivity index (χ3n) is 2.96. The lowest BCUT2D eigenvalue weighted by Gasteiger charge is -2.08. The largest absolute Gasteiger partial charge is 0.462 e. The zero-order valence-electron chi connectivity index (χ0n) is 12.6. The summed E-state index contributed by atoms with van der Waals surface area (Å²) in [6.45, 7) is 4.07. The zero-order valence-corrected chi connectivity index (χ0v) is 12.6. The third-order valence-corrected chi connectivity index (χ3v) is 2.96. The van der Waals surface area contributed by atoms with Gasteiger partial charge < -0.3 is 15.4 Å². The number of carbonyl (C=O) groups excluding carboxylic acids is 2. The Morgan fingerprint density at radius 2 is 1.41 bits per heavy atom. The van der Waals surface area contributed by atoms with Crippen LogP contribution in [0.3, 0.4) is 0 Å². The highest BCUT2D eigenvalue weighted by molar-refractivity contribution is 6.00. The summed E-state index contributed by atoms with van der Waals surface area (Å²) < 4.78 is 4.90. The molecule has 0 aliphatic heterocycles. The number of carbonyl (C=O) groups is 2. The number of hydrogen-bond donors (Lipinski definition) is 2. The van der Waals surface area contributed by atoms with Crippen molar-refractivity contribution in [2.24, 2.45) is 0 Å². The molecule has 2 amide bonds. The van der Waals surface area contributed by atoms with Crippen LogP contribution in [0, 0.1) is 6.92 Å². The van der Waals surface area contributed by atoms with E-state index in [1.165, 1.54) is 0 Å². The molecule has 2 rings (SSSR count). The lowest BCUT2D eigenvalue weighted by atomic mass is 10.2. The van der Waals surface area contributed by atoms with Crippen molar-refractivity contribution in [2.45, 2.75) is 13.8 Å². The SMILES string of the molecule is CCOC(=O)c1ccc(NC(=O)Nc2ccc(C)cc2)cc1. The molecule has 2 aromatic rings. The number of benzene rings is 2. The van der Waals surface area contributed by atoms with Gasteiger partial charge in [0.2, 0.25) is 0 Å². The van der Waals surface area contributed by atoms with Crippen LogP contribution in [0.1, 0.15) is 22.8 Å². The minimum Gasteiger partial charge on any atom is -0.462 e. The standard InChI is InChI=1S/C17H18N2O3/c1-3-22-16(20)13-6-10-15(11-7-13)19-17(21)18-14-8-4-12(2)5-9-14/h4-11H,3H2,1-2H3,(H2,18,19,21). The predicted octanol–water partition coefficient (Wildman–Crippen LogP) is 3.82. The van der Waals surface area contributed by atoms with E-state index in [1.807, 2.05) is 31.2 Å². The van der Waals surface area contributed by atoms with Crippen LogP contribution in [0.25, 0.3) is 0 Å². The van der Waals surface area contributed by atoms with Crippen LogP contribution in [0.2, 0.25) is 0 Å². The van der Waals surface area contributed by atoms with Gasteiger partial charge in [-0.05, 0) is 50.2 Å². The predicted molar refractivity (Wildman–Crippen MR) is 86.2 cm³/mol. The maximum absolute atomic E-state index is 11.9. The fourth-order valence-corrected chi connectivity index (χ4v) is 1.83. The van der Waals surface area contributed by atoms with Crippen molar-refractivity contribution in [1.29, 1.82) is 0 Å². The normalized spacial score (nSPS) is 9.91. The van der Waals surface area contributed by atoms with Crippen molar-refractivity contribution in [1.82, 2.24) is 0 Å². The van der Waals surface area contributed by atoms with Gasteiger partial charge in [-0.25, -0.2) is 9.59 Å². The Balaban J connectivity index is 1.94. The summed E-state index contributed by atoms with van der Waals surface area (Å²) in [6, 6.07) is 13.7. The van der Waals surface area contributed by atoms with Crippen LogP contribution in [0.15, 0.2) is 48.5 Å². The van der Waals surface area contributed by atoms with E-state index < -0.39 is 0 Å². The number of hydrogen-bond acceptors (Lipinski definition) is 3. The number of esters is 1. The summed E-state index contributed by atoms with van der Waals surface area (Å²) in [5, 5.41) is 5.43. The fraction of sp³-hybridized carbons (Fsp3) is 0.176. The molecule has 0 bridgehead atoms. The first-order valence-corrected chi connectivity index (χ1v) is 7.00. The van der Waals surface area contributed by atoms with Crippen LogP contribution < -0.4 is 10.6 Å². The van der Waals surface area contributed by atoms with Gasteiger partial charge in [-0.1, -0.05) is 17.7 Å². The molecule has 5 heteroatoms. The van der Waals surface area contributed by atoms with Crippen molar-refractivity contribution >= 4 is 23.4 Å². The van der Waals surface area contributed by atoms with Gasteiger partial charge in [0.15, 0.2) is 0 Å². The average molecular weight is 298 g/mol. The lowest BCUT2D eigenvalue weighted by molar-refractivity contribution is 0.0526. The molecular weight excluding hydrogens is 280 g/mol. The molecule has 0 heterocycles. The molecule has 0 spiro atoms. The third kappa shape index (κ3) is 4.34. The monoisotopic (exact) mass is 298 g/mol. The second-order valence-corrected chi connectivity index (χ2v) is 4.74. The second kappa shape index (κ2) is 7.26. The highest BCUT2D eigenvalue weighted by Gasteiger charge is 2.07. The smallest absolute Gasteiger partial charge is 0.338 e. The second-order valence-electron chi connectivity index (χ2n) is 4.74. The van der Waals surface area contributed by atoms with E-state index in [4.69, 9.17) is 4.74 Å². The first-order chi connectivity index (χ1) is 10.6. The van der Waals surface area contributed by atoms with Gasteiger partial charge in [0.25, 0.3) is 0 Å². The van der Waals surface area contributed by atoms with Crippen LogP contribution in [0.5, 0.6) is 0 Å². The highest BCUT2D eigenvalue weighted by atomic mass is 16.5. The molecule has 0 fully saturated rings. The van der Waals surface area contributed by atoms with E-state index in [0.29, 0.717) is 23.5 Å². The molecule has 5 nitrogen and oxygen atoms in total. The molecule has 22 heavy (non-hydrogen) atoms. The number of nitrogens with one attached hydrogen (secondary N) is 2. The van der Waals surface area contributed by atoms with Gasteiger partial charge in [0.1, 0.15) is 0 Å². The van der Waals surface area contributed by atoms with Crippen molar-refractivity contribution in [3.05, 3.63) is 59.7 Å². The summed E-state index contributed by atoms with van der Waals surface area (Å²) in [5.41, 5.74) is 2.88. The quantitative estimate of drug-likeness (QED) is 0.843. The first-order valence-electron chi connectivity index (χ1n) is 7.00. The number of aryl methyl sites for hydroxylation is 1. The molecule has 0 aliphatic carbocycles. The first kappa shape index (κ1) is 15.6. The molecule has 0 aromatic heterocycles. The number of anilines is 2. The Morgan fingerprint density at radius 3 is 1.91 bits per heavy atom. The van der Waals surface area contributed by atoms with E-state index in [1.54, 1.807) is 31.2 Å². The van der Waals surface area contributed by atoms with Gasteiger partial charge in [-0.3, -0.25) is 0 Å². The molecule has 0 saturated carbocycles. The van der Waals surface area contributed by atoms with Gasteiger partial charge >= 0.3 is 12.0 Å². The van der Waals surface area contributed by atoms with Gasteiger partial charge in [-0.2, -0.15) is 0 Å². The van der Waals surface area contributed by atoms with Crippen LogP contribution in [0.4, 0.5) is 16.2 Å². The van der Waals surface area contributed by atoms with Crippen molar-refractivity contribution < 1.29 is 14.3 Å². The summed E-state index contributed by atoms with van der Waals surface area (Å²) in [4.78, 5) is 23.4. The summed E-state index contributed by atoms with van der Waals surface area (Å²) >= 11 is 0. The molecule has 0 saturated heterocycles. The van der Waals surface area contributed by atoms with Crippen molar-refractivity contribution in [3.8, 4) is 0 Å². The number of rotatable bonds is 4. The zero-order chi connectivity index (χ0) is 15.9. The van der Waals surface area contributed by atoms with Crippen molar-refractivity contribution in [3.63, 3.8) is 0 Å². The van der Waals surface area contributed by atoms with Crippen LogP contribution >= 0.6 is 0 Å². The van der Waals surface area contributed by atoms with Crippen LogP contribution in [-0.2, 0) is 4.74 Å². The maximum Gasteiger partial charge on any atom is 0.338 e. The topological polar surface area (TPSA) is 67.4 Å². The lowest BCUT2D eigenvalue weighted by Crippen LogP contribution is -2.19. The number of ether oxygens (including phenoxy) is 1. The summed E-state index contributed by atoms with van der Waals surface area (Å²) in [6.07, 6.45) is 0. The maximum atomic E-state index is 11.9. The Hall–Kier alpha value is -2.82. The molecule has 2 aromatic carbocycles. The van der Waals surface area contributed by atoms with Gasteiger partial charge in [0, 0.05) is 11.4 Å². The minimum atomic E-state index is -0.377. The van der Waals surface area contributed by atoms with E-state index in [0.717, 1.165) is 5.56 Å².